The Bertz CT molecular complexity index is 798. The highest BCUT2D eigenvalue weighted by atomic mass is 19.1. The van der Waals surface area contributed by atoms with E-state index in [4.69, 9.17) is 4.74 Å². The molecule has 1 aromatic rings. The van der Waals surface area contributed by atoms with Gasteiger partial charge in [-0.1, -0.05) is 65.0 Å². The van der Waals surface area contributed by atoms with Crippen molar-refractivity contribution in [2.75, 3.05) is 6.67 Å². The second kappa shape index (κ2) is 11.2. The van der Waals surface area contributed by atoms with Crippen LogP contribution >= 0.6 is 0 Å². The number of halogens is 1. The minimum atomic E-state index is -0.789. The molecule has 0 bridgehead atoms. The molecule has 1 N–H and O–H groups in total. The van der Waals surface area contributed by atoms with E-state index in [1.807, 2.05) is 13.8 Å². The summed E-state index contributed by atoms with van der Waals surface area (Å²) in [5.74, 6) is 3.77. The monoisotopic (exact) mass is 486 g/mol. The van der Waals surface area contributed by atoms with Crippen LogP contribution in [0.5, 0.6) is 0 Å². The Morgan fingerprint density at radius 1 is 0.943 bits per heavy atom. The van der Waals surface area contributed by atoms with Crippen LogP contribution in [0.25, 0.3) is 0 Å². The predicted molar refractivity (Wildman–Crippen MR) is 143 cm³/mol. The quantitative estimate of drug-likeness (QED) is 0.439. The van der Waals surface area contributed by atoms with Crippen LogP contribution < -0.4 is 0 Å². The van der Waals surface area contributed by atoms with Crippen LogP contribution in [0.2, 0.25) is 0 Å². The second-order valence-corrected chi connectivity index (χ2v) is 12.7. The van der Waals surface area contributed by atoms with Crippen molar-refractivity contribution in [2.45, 2.75) is 111 Å². The van der Waals surface area contributed by atoms with Gasteiger partial charge in [-0.3, -0.25) is 0 Å². The minimum absolute atomic E-state index is 0.0747. The average molecular weight is 487 g/mol. The summed E-state index contributed by atoms with van der Waals surface area (Å²) in [6.45, 7) is 11.4. The lowest BCUT2D eigenvalue weighted by Crippen LogP contribution is -2.54. The van der Waals surface area contributed by atoms with Gasteiger partial charge in [-0.05, 0) is 110 Å². The molecule has 5 unspecified atom stereocenters. The van der Waals surface area contributed by atoms with E-state index in [1.54, 1.807) is 0 Å². The molecule has 2 nitrogen and oxygen atoms in total. The number of hydrogen-bond acceptors (Lipinski definition) is 2. The highest BCUT2D eigenvalue weighted by Gasteiger charge is 2.61. The zero-order valence-electron chi connectivity index (χ0n) is 23.0. The van der Waals surface area contributed by atoms with E-state index in [9.17, 15) is 9.50 Å². The van der Waals surface area contributed by atoms with Gasteiger partial charge in [0.05, 0.1) is 18.8 Å². The highest BCUT2D eigenvalue weighted by molar-refractivity contribution is 5.14. The first-order chi connectivity index (χ1) is 16.9. The van der Waals surface area contributed by atoms with Gasteiger partial charge in [-0.15, -0.1) is 0 Å². The van der Waals surface area contributed by atoms with Crippen molar-refractivity contribution < 1.29 is 14.2 Å². The Morgan fingerprint density at radius 2 is 1.63 bits per heavy atom. The zero-order chi connectivity index (χ0) is 25.2. The van der Waals surface area contributed by atoms with Gasteiger partial charge in [0.25, 0.3) is 0 Å². The maximum atomic E-state index is 13.3. The molecule has 0 amide bonds. The topological polar surface area (TPSA) is 29.5 Å². The number of aliphatic hydroxyl groups is 1. The van der Waals surface area contributed by atoms with Gasteiger partial charge < -0.3 is 9.84 Å². The number of hydrogen-bond donors (Lipinski definition) is 1. The number of aliphatic hydroxyl groups excluding tert-OH is 1. The van der Waals surface area contributed by atoms with Crippen molar-refractivity contribution in [1.29, 1.82) is 0 Å². The fraction of sp³-hybridized carbons (Fsp3) is 0.812. The molecule has 4 fully saturated rings. The Balaban J connectivity index is 0.00000141. The van der Waals surface area contributed by atoms with Crippen molar-refractivity contribution in [3.05, 3.63) is 35.9 Å². The molecule has 0 heterocycles. The van der Waals surface area contributed by atoms with E-state index in [1.165, 1.54) is 63.4 Å². The van der Waals surface area contributed by atoms with E-state index in [0.29, 0.717) is 17.4 Å². The molecule has 198 valence electrons. The second-order valence-electron chi connectivity index (χ2n) is 12.7. The molecule has 1 aromatic carbocycles. The van der Waals surface area contributed by atoms with E-state index in [2.05, 4.69) is 51.1 Å². The van der Waals surface area contributed by atoms with Crippen LogP contribution in [-0.4, -0.2) is 24.0 Å². The third-order valence-corrected chi connectivity index (χ3v) is 11.4. The summed E-state index contributed by atoms with van der Waals surface area (Å²) in [6.07, 6.45) is 11.1. The maximum absolute atomic E-state index is 13.3. The fourth-order valence-corrected chi connectivity index (χ4v) is 9.47. The summed E-state index contributed by atoms with van der Waals surface area (Å²) in [5.41, 5.74) is 2.03. The van der Waals surface area contributed by atoms with Crippen LogP contribution in [-0.2, 0) is 11.3 Å². The first-order valence-electron chi connectivity index (χ1n) is 14.8. The van der Waals surface area contributed by atoms with Gasteiger partial charge >= 0.3 is 0 Å². The third kappa shape index (κ3) is 4.98. The molecule has 4 aliphatic rings. The lowest BCUT2D eigenvalue weighted by molar-refractivity contribution is -0.140. The Labute approximate surface area is 214 Å². The summed E-state index contributed by atoms with van der Waals surface area (Å²) in [7, 11) is 0. The molecular weight excluding hydrogens is 435 g/mol. The van der Waals surface area contributed by atoms with Gasteiger partial charge in [0, 0.05) is 0 Å². The highest BCUT2D eigenvalue weighted by Crippen LogP contribution is 2.68. The largest absolute Gasteiger partial charge is 0.390 e. The minimum Gasteiger partial charge on any atom is -0.390 e. The lowest BCUT2D eigenvalue weighted by atomic mass is 9.44. The summed E-state index contributed by atoms with van der Waals surface area (Å²) in [4.78, 5) is 0. The third-order valence-electron chi connectivity index (χ3n) is 11.4. The normalized spacial score (nSPS) is 42.0. The lowest BCUT2D eigenvalue weighted by Gasteiger charge is -2.61. The predicted octanol–water partition coefficient (Wildman–Crippen LogP) is 8.22. The van der Waals surface area contributed by atoms with Gasteiger partial charge in [-0.2, -0.15) is 0 Å². The maximum Gasteiger partial charge on any atom is 0.116 e. The standard InChI is InChI=1S/C30H45FO2.C2H6/c1-20(28(32)18-31)25-11-12-26-24-10-9-22-17-23(33-19-21-7-5-4-6-8-21)13-15-29(22,2)27(24)14-16-30(25,26)3;1-2/h4-8,20,22-28,32H,9-19H2,1-3H3;1-2H3/t20-,22+,23?,24-,25?,26?,27?,28?,29-,30+;/m0./s1. The van der Waals surface area contributed by atoms with Crippen molar-refractivity contribution >= 4 is 0 Å². The molecule has 4 aliphatic carbocycles. The van der Waals surface area contributed by atoms with E-state index in [0.717, 1.165) is 30.3 Å². The van der Waals surface area contributed by atoms with Crippen LogP contribution in [0.3, 0.4) is 0 Å². The van der Waals surface area contributed by atoms with Crippen molar-refractivity contribution in [3.63, 3.8) is 0 Å². The van der Waals surface area contributed by atoms with Gasteiger partial charge in [0.15, 0.2) is 0 Å². The fourth-order valence-electron chi connectivity index (χ4n) is 9.47. The van der Waals surface area contributed by atoms with Crippen LogP contribution in [0, 0.1) is 46.3 Å². The number of alkyl halides is 1. The summed E-state index contributed by atoms with van der Waals surface area (Å²) in [6, 6.07) is 10.6. The molecule has 0 spiro atoms. The van der Waals surface area contributed by atoms with E-state index >= 15 is 0 Å². The first-order valence-corrected chi connectivity index (χ1v) is 14.8. The molecule has 10 atom stereocenters. The molecule has 4 saturated carbocycles. The number of rotatable bonds is 6. The number of ether oxygens (including phenoxy) is 1. The van der Waals surface area contributed by atoms with E-state index < -0.39 is 12.8 Å². The molecule has 0 aromatic heterocycles. The Kier molecular flexibility index (Phi) is 8.69. The van der Waals surface area contributed by atoms with Crippen molar-refractivity contribution in [3.8, 4) is 0 Å². The van der Waals surface area contributed by atoms with Crippen LogP contribution in [0.1, 0.15) is 98.0 Å². The first kappa shape index (κ1) is 27.1. The molecule has 5 rings (SSSR count). The van der Waals surface area contributed by atoms with Crippen LogP contribution in [0.15, 0.2) is 30.3 Å². The zero-order valence-corrected chi connectivity index (χ0v) is 23.0. The van der Waals surface area contributed by atoms with Gasteiger partial charge in [-0.25, -0.2) is 4.39 Å². The number of fused-ring (bicyclic) bond motifs is 5. The molecule has 0 aliphatic heterocycles. The smallest absolute Gasteiger partial charge is 0.116 e. The Morgan fingerprint density at radius 3 is 2.34 bits per heavy atom. The molecule has 0 radical (unpaired) electrons. The molecule has 0 saturated heterocycles. The molecule has 35 heavy (non-hydrogen) atoms. The summed E-state index contributed by atoms with van der Waals surface area (Å²) in [5, 5.41) is 10.3. The average Bonchev–Trinajstić information content (AvgIpc) is 3.25. The van der Waals surface area contributed by atoms with E-state index in [-0.39, 0.29) is 11.3 Å². The van der Waals surface area contributed by atoms with Gasteiger partial charge in [0.1, 0.15) is 6.67 Å². The SMILES string of the molecule is CC.C[C@H](C(O)CF)C1CCC2[C@@H]3CC[C@@H]4CC(OCc5ccccc5)CC[C@]4(C)C3CC[C@]12C. The van der Waals surface area contributed by atoms with Crippen LogP contribution in [0.4, 0.5) is 4.39 Å². The molecular formula is C32H51FO2. The van der Waals surface area contributed by atoms with Crippen molar-refractivity contribution in [2.24, 2.45) is 46.3 Å². The van der Waals surface area contributed by atoms with Crippen molar-refractivity contribution in [1.82, 2.24) is 0 Å². The Hall–Kier alpha value is -0.930. The van der Waals surface area contributed by atoms with Gasteiger partial charge in [0.2, 0.25) is 0 Å². The summed E-state index contributed by atoms with van der Waals surface area (Å²) < 4.78 is 19.7. The number of benzene rings is 1. The summed E-state index contributed by atoms with van der Waals surface area (Å²) >= 11 is 0. The molecule has 3 heteroatoms.